The minimum absolute atomic E-state index is 0.0744. The molecule has 1 aromatic rings. The molecule has 1 aromatic heterocycles. The number of aliphatic hydroxyl groups excluding tert-OH is 2. The van der Waals surface area contributed by atoms with E-state index in [1.807, 2.05) is 0 Å². The van der Waals surface area contributed by atoms with Crippen molar-refractivity contribution in [1.29, 1.82) is 5.26 Å². The number of aliphatic hydroxyl groups is 2. The van der Waals surface area contributed by atoms with Gasteiger partial charge < -0.3 is 24.3 Å². The molecule has 0 radical (unpaired) electrons. The summed E-state index contributed by atoms with van der Waals surface area (Å²) < 4.78 is 23.2. The Morgan fingerprint density at radius 3 is 2.80 bits per heavy atom. The maximum atomic E-state index is 11.6. The van der Waals surface area contributed by atoms with Crippen molar-refractivity contribution < 1.29 is 24.3 Å². The smallest absolute Gasteiger partial charge is 0.252 e. The van der Waals surface area contributed by atoms with E-state index in [2.05, 4.69) is 10.1 Å². The molecule has 2 N–H and O–H groups in total. The maximum absolute atomic E-state index is 11.6. The molecule has 20 heavy (non-hydrogen) atoms. The highest BCUT2D eigenvalue weighted by atomic mass is 31.2. The van der Waals surface area contributed by atoms with E-state index in [9.17, 15) is 14.8 Å². The van der Waals surface area contributed by atoms with E-state index < -0.39 is 31.9 Å². The predicted octanol–water partition coefficient (Wildman–Crippen LogP) is -0.677. The number of hydrogen-bond donors (Lipinski definition) is 2. The SMILES string of the molecule is CP(C)(=O)CO[C@H]1O[C@@H](n2cnc(C#N)n2)[C@H](O)[C@@H]1O. The molecular weight excluding hydrogens is 287 g/mol. The lowest BCUT2D eigenvalue weighted by Gasteiger charge is -2.16. The minimum atomic E-state index is -2.43. The third kappa shape index (κ3) is 3.23. The Bertz CT molecular complexity index is 564. The van der Waals surface area contributed by atoms with Gasteiger partial charge in [0.1, 0.15) is 38.1 Å². The van der Waals surface area contributed by atoms with Gasteiger partial charge in [0.25, 0.3) is 5.82 Å². The molecule has 0 saturated carbocycles. The summed E-state index contributed by atoms with van der Waals surface area (Å²) in [4.78, 5) is 3.68. The second-order valence-corrected chi connectivity index (χ2v) is 8.31. The Balaban J connectivity index is 2.07. The average molecular weight is 302 g/mol. The first kappa shape index (κ1) is 15.1. The van der Waals surface area contributed by atoms with Crippen LogP contribution in [0.25, 0.3) is 0 Å². The van der Waals surface area contributed by atoms with Crippen LogP contribution in [0, 0.1) is 11.3 Å². The lowest BCUT2D eigenvalue weighted by atomic mass is 10.2. The molecule has 4 atom stereocenters. The van der Waals surface area contributed by atoms with E-state index in [4.69, 9.17) is 14.7 Å². The summed E-state index contributed by atoms with van der Waals surface area (Å²) in [5.41, 5.74) is 0. The Morgan fingerprint density at radius 2 is 2.25 bits per heavy atom. The van der Waals surface area contributed by atoms with Crippen LogP contribution in [0.1, 0.15) is 12.1 Å². The van der Waals surface area contributed by atoms with E-state index in [0.717, 1.165) is 4.68 Å². The zero-order valence-electron chi connectivity index (χ0n) is 10.9. The highest BCUT2D eigenvalue weighted by Gasteiger charge is 2.45. The number of rotatable bonds is 4. The van der Waals surface area contributed by atoms with Gasteiger partial charge >= 0.3 is 0 Å². The van der Waals surface area contributed by atoms with Crippen molar-refractivity contribution in [3.8, 4) is 6.07 Å². The largest absolute Gasteiger partial charge is 0.385 e. The summed E-state index contributed by atoms with van der Waals surface area (Å²) >= 11 is 0. The zero-order chi connectivity index (χ0) is 14.9. The van der Waals surface area contributed by atoms with Crippen LogP contribution in [-0.2, 0) is 14.0 Å². The Hall–Kier alpha value is -1.30. The number of nitriles is 1. The van der Waals surface area contributed by atoms with Gasteiger partial charge in [0, 0.05) is 0 Å². The van der Waals surface area contributed by atoms with Gasteiger partial charge in [-0.25, -0.2) is 9.67 Å². The van der Waals surface area contributed by atoms with Crippen molar-refractivity contribution >= 4 is 7.14 Å². The molecule has 0 amide bonds. The average Bonchev–Trinajstić information content (AvgIpc) is 2.94. The second-order valence-electron chi connectivity index (χ2n) is 4.91. The van der Waals surface area contributed by atoms with Gasteiger partial charge in [-0.2, -0.15) is 5.26 Å². The Morgan fingerprint density at radius 1 is 1.55 bits per heavy atom. The molecule has 0 aromatic carbocycles. The molecule has 0 aliphatic carbocycles. The first-order valence-corrected chi connectivity index (χ1v) is 8.59. The van der Waals surface area contributed by atoms with Crippen LogP contribution in [-0.4, -0.2) is 63.2 Å². The molecule has 0 bridgehead atoms. The fourth-order valence-corrected chi connectivity index (χ4v) is 2.19. The van der Waals surface area contributed by atoms with Gasteiger partial charge in [-0.15, -0.1) is 5.10 Å². The highest BCUT2D eigenvalue weighted by Crippen LogP contribution is 2.38. The number of aromatic nitrogens is 3. The van der Waals surface area contributed by atoms with E-state index in [0.29, 0.717) is 0 Å². The Labute approximate surface area is 115 Å². The molecule has 1 aliphatic heterocycles. The van der Waals surface area contributed by atoms with Crippen LogP contribution in [0.2, 0.25) is 0 Å². The van der Waals surface area contributed by atoms with Crippen LogP contribution in [0.5, 0.6) is 0 Å². The topological polar surface area (TPSA) is 130 Å². The van der Waals surface area contributed by atoms with Crippen molar-refractivity contribution in [3.05, 3.63) is 12.2 Å². The third-order valence-corrected chi connectivity index (χ3v) is 3.38. The second kappa shape index (κ2) is 5.60. The summed E-state index contributed by atoms with van der Waals surface area (Å²) in [7, 11) is -2.43. The molecule has 0 spiro atoms. The monoisotopic (exact) mass is 302 g/mol. The van der Waals surface area contributed by atoms with Gasteiger partial charge in [-0.05, 0) is 13.3 Å². The molecule has 2 heterocycles. The van der Waals surface area contributed by atoms with Gasteiger partial charge in [0.05, 0.1) is 0 Å². The molecule has 1 fully saturated rings. The van der Waals surface area contributed by atoms with E-state index in [1.165, 1.54) is 6.33 Å². The van der Waals surface area contributed by atoms with Crippen LogP contribution in [0.3, 0.4) is 0 Å². The predicted molar refractivity (Wildman–Crippen MR) is 66.1 cm³/mol. The summed E-state index contributed by atoms with van der Waals surface area (Å²) in [6, 6.07) is 1.74. The summed E-state index contributed by atoms with van der Waals surface area (Å²) in [5.74, 6) is -0.0775. The Kier molecular flexibility index (Phi) is 4.22. The number of ether oxygens (including phenoxy) is 2. The molecule has 10 heteroatoms. The lowest BCUT2D eigenvalue weighted by molar-refractivity contribution is -0.168. The number of nitrogens with zero attached hydrogens (tertiary/aromatic N) is 4. The van der Waals surface area contributed by atoms with Crippen LogP contribution < -0.4 is 0 Å². The zero-order valence-corrected chi connectivity index (χ0v) is 11.8. The quantitative estimate of drug-likeness (QED) is 0.700. The highest BCUT2D eigenvalue weighted by molar-refractivity contribution is 7.62. The van der Waals surface area contributed by atoms with E-state index in [1.54, 1.807) is 19.4 Å². The molecule has 110 valence electrons. The first-order chi connectivity index (χ1) is 9.31. The summed E-state index contributed by atoms with van der Waals surface area (Å²) in [5, 5.41) is 32.1. The van der Waals surface area contributed by atoms with Gasteiger partial charge in [0.2, 0.25) is 0 Å². The van der Waals surface area contributed by atoms with Crippen LogP contribution >= 0.6 is 7.14 Å². The summed E-state index contributed by atoms with van der Waals surface area (Å²) in [6.45, 7) is 3.08. The van der Waals surface area contributed by atoms with Gasteiger partial charge in [-0.3, -0.25) is 0 Å². The molecule has 1 aliphatic rings. The van der Waals surface area contributed by atoms with Crippen molar-refractivity contribution in [3.63, 3.8) is 0 Å². The van der Waals surface area contributed by atoms with Crippen molar-refractivity contribution in [1.82, 2.24) is 14.8 Å². The van der Waals surface area contributed by atoms with Crippen LogP contribution in [0.15, 0.2) is 6.33 Å². The fourth-order valence-electron chi connectivity index (χ4n) is 1.69. The molecular formula is C10H15N4O5P. The van der Waals surface area contributed by atoms with Gasteiger partial charge in [0.15, 0.2) is 12.5 Å². The van der Waals surface area contributed by atoms with E-state index >= 15 is 0 Å². The fraction of sp³-hybridized carbons (Fsp3) is 0.700. The molecule has 1 saturated heterocycles. The lowest BCUT2D eigenvalue weighted by Crippen LogP contribution is -2.33. The minimum Gasteiger partial charge on any atom is -0.385 e. The van der Waals surface area contributed by atoms with Gasteiger partial charge in [-0.1, -0.05) is 0 Å². The molecule has 0 unspecified atom stereocenters. The molecule has 9 nitrogen and oxygen atoms in total. The first-order valence-electron chi connectivity index (χ1n) is 5.80. The van der Waals surface area contributed by atoms with Crippen molar-refractivity contribution in [2.75, 3.05) is 19.7 Å². The molecule has 2 rings (SSSR count). The standard InChI is InChI=1S/C10H15N4O5P/c1-20(2,17)5-18-10-8(16)7(15)9(19-10)14-4-12-6(3-11)13-14/h4,7-10,15-16H,5H2,1-2H3/t7-,8+,9-,10+/m1/s1. The number of hydrogen-bond acceptors (Lipinski definition) is 8. The van der Waals surface area contributed by atoms with Crippen molar-refractivity contribution in [2.24, 2.45) is 0 Å². The van der Waals surface area contributed by atoms with Crippen LogP contribution in [0.4, 0.5) is 0 Å². The summed E-state index contributed by atoms with van der Waals surface area (Å²) in [6.07, 6.45) is -3.58. The normalized spacial score (nSPS) is 30.4. The third-order valence-electron chi connectivity index (χ3n) is 2.61. The van der Waals surface area contributed by atoms with Crippen molar-refractivity contribution in [2.45, 2.75) is 24.7 Å². The maximum Gasteiger partial charge on any atom is 0.252 e. The van der Waals surface area contributed by atoms with E-state index in [-0.39, 0.29) is 12.2 Å².